The van der Waals surface area contributed by atoms with E-state index in [1.165, 1.54) is 35.6 Å². The highest BCUT2D eigenvalue weighted by atomic mass is 32.1. The number of benzene rings is 2. The molecule has 0 spiro atoms. The number of nitrogens with one attached hydrogen (secondary N) is 2. The van der Waals surface area contributed by atoms with Crippen LogP contribution >= 0.6 is 11.3 Å². The van der Waals surface area contributed by atoms with E-state index >= 15 is 0 Å². The molecule has 0 bridgehead atoms. The molecular formula is C20H16N4O4S. The lowest BCUT2D eigenvalue weighted by Crippen LogP contribution is -2.20. The second kappa shape index (κ2) is 8.89. The number of thiophene rings is 1. The molecular weight excluding hydrogens is 392 g/mol. The Bertz CT molecular complexity index is 1090. The van der Waals surface area contributed by atoms with Gasteiger partial charge in [0, 0.05) is 11.8 Å². The van der Waals surface area contributed by atoms with Crippen molar-refractivity contribution in [2.75, 3.05) is 5.32 Å². The van der Waals surface area contributed by atoms with Crippen LogP contribution in [0, 0.1) is 10.1 Å². The smallest absolute Gasteiger partial charge is 0.282 e. The molecule has 3 rings (SSSR count). The van der Waals surface area contributed by atoms with Gasteiger partial charge in [-0.15, -0.1) is 11.3 Å². The minimum Gasteiger partial charge on any atom is -0.321 e. The van der Waals surface area contributed by atoms with Gasteiger partial charge in [-0.2, -0.15) is 5.10 Å². The quantitative estimate of drug-likeness (QED) is 0.364. The van der Waals surface area contributed by atoms with E-state index in [2.05, 4.69) is 15.8 Å². The summed E-state index contributed by atoms with van der Waals surface area (Å²) in [4.78, 5) is 35.5. The van der Waals surface area contributed by atoms with Crippen LogP contribution in [0.25, 0.3) is 0 Å². The number of carbonyl (C=O) groups excluding carboxylic acids is 2. The molecule has 0 fully saturated rings. The van der Waals surface area contributed by atoms with Gasteiger partial charge in [-0.1, -0.05) is 30.3 Å². The number of nitro benzene ring substituents is 1. The molecule has 9 heteroatoms. The number of hydrazone groups is 1. The van der Waals surface area contributed by atoms with Crippen molar-refractivity contribution in [3.8, 4) is 0 Å². The van der Waals surface area contributed by atoms with Crippen molar-refractivity contribution in [3.05, 3.63) is 92.2 Å². The minimum absolute atomic E-state index is 0.0778. The summed E-state index contributed by atoms with van der Waals surface area (Å²) in [5.41, 5.74) is 3.70. The molecule has 0 aliphatic carbocycles. The van der Waals surface area contributed by atoms with E-state index in [-0.39, 0.29) is 17.2 Å². The fourth-order valence-electron chi connectivity index (χ4n) is 2.51. The molecule has 1 aromatic heterocycles. The number of anilines is 1. The van der Waals surface area contributed by atoms with E-state index in [1.807, 2.05) is 5.38 Å². The molecule has 3 aromatic rings. The fourth-order valence-corrected chi connectivity index (χ4v) is 3.13. The highest BCUT2D eigenvalue weighted by Crippen LogP contribution is 2.18. The number of rotatable bonds is 6. The maximum absolute atomic E-state index is 12.3. The Morgan fingerprint density at radius 1 is 1.03 bits per heavy atom. The number of carbonyl (C=O) groups is 2. The zero-order valence-electron chi connectivity index (χ0n) is 15.3. The number of hydrogen-bond donors (Lipinski definition) is 2. The SMILES string of the molecule is CC(=NNC(=O)c1ccccc1[N+](=O)[O-])c1cccc(NC(=O)c2cccs2)c1. The monoisotopic (exact) mass is 408 g/mol. The highest BCUT2D eigenvalue weighted by molar-refractivity contribution is 7.12. The van der Waals surface area contributed by atoms with Crippen molar-refractivity contribution in [1.29, 1.82) is 0 Å². The molecule has 2 N–H and O–H groups in total. The van der Waals surface area contributed by atoms with E-state index in [4.69, 9.17) is 0 Å². The van der Waals surface area contributed by atoms with Gasteiger partial charge in [-0.3, -0.25) is 19.7 Å². The molecule has 0 saturated carbocycles. The van der Waals surface area contributed by atoms with Gasteiger partial charge in [0.15, 0.2) is 0 Å². The van der Waals surface area contributed by atoms with Gasteiger partial charge in [0.25, 0.3) is 17.5 Å². The maximum atomic E-state index is 12.3. The van der Waals surface area contributed by atoms with E-state index in [0.717, 1.165) is 0 Å². The summed E-state index contributed by atoms with van der Waals surface area (Å²) in [6.07, 6.45) is 0. The first kappa shape index (κ1) is 19.9. The van der Waals surface area contributed by atoms with Crippen LogP contribution in [0.1, 0.15) is 32.5 Å². The van der Waals surface area contributed by atoms with Crippen LogP contribution in [0.2, 0.25) is 0 Å². The van der Waals surface area contributed by atoms with Crippen LogP contribution in [0.4, 0.5) is 11.4 Å². The van der Waals surface area contributed by atoms with Gasteiger partial charge in [-0.05, 0) is 42.1 Å². The first-order valence-electron chi connectivity index (χ1n) is 8.49. The zero-order chi connectivity index (χ0) is 20.8. The number of nitrogens with zero attached hydrogens (tertiary/aromatic N) is 2. The van der Waals surface area contributed by atoms with Gasteiger partial charge in [0.1, 0.15) is 5.56 Å². The topological polar surface area (TPSA) is 114 Å². The fraction of sp³-hybridized carbons (Fsp3) is 0.0500. The van der Waals surface area contributed by atoms with Gasteiger partial charge in [-0.25, -0.2) is 5.43 Å². The van der Waals surface area contributed by atoms with Crippen LogP contribution in [-0.4, -0.2) is 22.4 Å². The third-order valence-corrected chi connectivity index (χ3v) is 4.82. The van der Waals surface area contributed by atoms with Gasteiger partial charge in [0.2, 0.25) is 0 Å². The number of para-hydroxylation sites is 1. The average molecular weight is 408 g/mol. The summed E-state index contributed by atoms with van der Waals surface area (Å²) in [5, 5.41) is 19.7. The predicted octanol–water partition coefficient (Wildman–Crippen LogP) is 4.06. The van der Waals surface area contributed by atoms with Crippen LogP contribution < -0.4 is 10.7 Å². The summed E-state index contributed by atoms with van der Waals surface area (Å²) in [5.74, 6) is -0.893. The molecule has 0 atom stereocenters. The molecule has 0 aliphatic rings. The van der Waals surface area contributed by atoms with Crippen LogP contribution in [-0.2, 0) is 0 Å². The molecule has 2 aromatic carbocycles. The normalized spacial score (nSPS) is 11.0. The second-order valence-electron chi connectivity index (χ2n) is 5.92. The van der Waals surface area contributed by atoms with Crippen LogP contribution in [0.3, 0.4) is 0 Å². The number of nitro groups is 1. The molecule has 0 aliphatic heterocycles. The molecule has 146 valence electrons. The summed E-state index contributed by atoms with van der Waals surface area (Å²) < 4.78 is 0. The molecule has 2 amide bonds. The molecule has 0 radical (unpaired) electrons. The first-order valence-corrected chi connectivity index (χ1v) is 9.37. The molecule has 29 heavy (non-hydrogen) atoms. The highest BCUT2D eigenvalue weighted by Gasteiger charge is 2.18. The predicted molar refractivity (Wildman–Crippen MR) is 111 cm³/mol. The Labute approximate surface area is 170 Å². The standard InChI is InChI=1S/C20H16N4O4S/c1-13(22-23-19(25)16-8-2-3-9-17(16)24(27)28)14-6-4-7-15(12-14)21-20(26)18-10-5-11-29-18/h2-12H,1H3,(H,21,26)(H,23,25). The Kier molecular flexibility index (Phi) is 6.10. The second-order valence-corrected chi connectivity index (χ2v) is 6.87. The first-order chi connectivity index (χ1) is 14.0. The summed E-state index contributed by atoms with van der Waals surface area (Å²) in [6.45, 7) is 1.68. The molecule has 0 saturated heterocycles. The summed E-state index contributed by atoms with van der Waals surface area (Å²) in [6, 6.07) is 16.2. The Morgan fingerprint density at radius 3 is 2.55 bits per heavy atom. The molecule has 1 heterocycles. The van der Waals surface area contributed by atoms with Crippen molar-refractivity contribution < 1.29 is 14.5 Å². The van der Waals surface area contributed by atoms with E-state index in [9.17, 15) is 19.7 Å². The van der Waals surface area contributed by atoms with Gasteiger partial charge in [0.05, 0.1) is 15.5 Å². The summed E-state index contributed by atoms with van der Waals surface area (Å²) >= 11 is 1.34. The van der Waals surface area contributed by atoms with Crippen molar-refractivity contribution in [2.45, 2.75) is 6.92 Å². The maximum Gasteiger partial charge on any atom is 0.282 e. The number of amides is 2. The van der Waals surface area contributed by atoms with Gasteiger partial charge < -0.3 is 5.32 Å². The van der Waals surface area contributed by atoms with E-state index in [1.54, 1.807) is 43.3 Å². The Hall–Kier alpha value is -3.85. The van der Waals surface area contributed by atoms with Crippen molar-refractivity contribution >= 4 is 40.2 Å². The lowest BCUT2D eigenvalue weighted by molar-refractivity contribution is -0.385. The lowest BCUT2D eigenvalue weighted by Gasteiger charge is -2.07. The zero-order valence-corrected chi connectivity index (χ0v) is 16.1. The van der Waals surface area contributed by atoms with E-state index < -0.39 is 10.8 Å². The Balaban J connectivity index is 1.72. The summed E-state index contributed by atoms with van der Waals surface area (Å²) in [7, 11) is 0. The lowest BCUT2D eigenvalue weighted by atomic mass is 10.1. The van der Waals surface area contributed by atoms with Crippen molar-refractivity contribution in [1.82, 2.24) is 5.43 Å². The molecule has 0 unspecified atom stereocenters. The van der Waals surface area contributed by atoms with Crippen LogP contribution in [0.5, 0.6) is 0 Å². The minimum atomic E-state index is -0.682. The molecule has 8 nitrogen and oxygen atoms in total. The average Bonchev–Trinajstić information content (AvgIpc) is 3.27. The third-order valence-electron chi connectivity index (χ3n) is 3.95. The van der Waals surface area contributed by atoms with Crippen molar-refractivity contribution in [2.24, 2.45) is 5.10 Å². The number of hydrogen-bond acceptors (Lipinski definition) is 6. The Morgan fingerprint density at radius 2 is 1.83 bits per heavy atom. The van der Waals surface area contributed by atoms with E-state index in [0.29, 0.717) is 21.8 Å². The third kappa shape index (κ3) is 4.90. The van der Waals surface area contributed by atoms with Crippen LogP contribution in [0.15, 0.2) is 71.1 Å². The largest absolute Gasteiger partial charge is 0.321 e. The van der Waals surface area contributed by atoms with Crippen molar-refractivity contribution in [3.63, 3.8) is 0 Å². The van der Waals surface area contributed by atoms with Gasteiger partial charge >= 0.3 is 0 Å².